The van der Waals surface area contributed by atoms with Crippen LogP contribution in [0.3, 0.4) is 0 Å². The van der Waals surface area contributed by atoms with Gasteiger partial charge in [-0.2, -0.15) is 4.80 Å². The SMILES string of the molecule is CCOc1ccc(NC(=O)C(C)n2nnc(-c3ccc(Cl)cc3)n2)cc1. The number of tetrazole rings is 1. The number of amides is 1. The van der Waals surface area contributed by atoms with Gasteiger partial charge in [-0.05, 0) is 67.6 Å². The third-order valence-corrected chi connectivity index (χ3v) is 3.94. The molecule has 1 heterocycles. The number of nitrogens with one attached hydrogen (secondary N) is 1. The van der Waals surface area contributed by atoms with E-state index in [2.05, 4.69) is 20.7 Å². The first-order valence-corrected chi connectivity index (χ1v) is 8.54. The lowest BCUT2D eigenvalue weighted by Gasteiger charge is -2.11. The molecule has 0 radical (unpaired) electrons. The Morgan fingerprint density at radius 1 is 1.19 bits per heavy atom. The predicted octanol–water partition coefficient (Wildman–Crippen LogP) is 3.59. The van der Waals surface area contributed by atoms with Crippen LogP contribution in [0.5, 0.6) is 5.75 Å². The molecule has 1 amide bonds. The Kier molecular flexibility index (Phi) is 5.48. The van der Waals surface area contributed by atoms with Crippen molar-refractivity contribution in [3.8, 4) is 17.1 Å². The number of carbonyl (C=O) groups excluding carboxylic acids is 1. The molecule has 0 fully saturated rings. The van der Waals surface area contributed by atoms with E-state index in [0.717, 1.165) is 11.3 Å². The third-order valence-electron chi connectivity index (χ3n) is 3.69. The summed E-state index contributed by atoms with van der Waals surface area (Å²) in [6.07, 6.45) is 0. The minimum atomic E-state index is -0.616. The van der Waals surface area contributed by atoms with Crippen LogP contribution in [0.2, 0.25) is 5.02 Å². The summed E-state index contributed by atoms with van der Waals surface area (Å²) in [5, 5.41) is 15.7. The molecule has 3 aromatic rings. The van der Waals surface area contributed by atoms with Crippen LogP contribution in [0.1, 0.15) is 19.9 Å². The zero-order chi connectivity index (χ0) is 18.5. The second-order valence-electron chi connectivity index (χ2n) is 5.56. The van der Waals surface area contributed by atoms with Gasteiger partial charge in [-0.3, -0.25) is 4.79 Å². The van der Waals surface area contributed by atoms with Gasteiger partial charge >= 0.3 is 0 Å². The Hall–Kier alpha value is -2.93. The maximum Gasteiger partial charge on any atom is 0.250 e. The molecule has 7 nitrogen and oxygen atoms in total. The highest BCUT2D eigenvalue weighted by Gasteiger charge is 2.19. The van der Waals surface area contributed by atoms with E-state index in [1.165, 1.54) is 4.80 Å². The lowest BCUT2D eigenvalue weighted by atomic mass is 10.2. The van der Waals surface area contributed by atoms with Gasteiger partial charge in [0.1, 0.15) is 11.8 Å². The second kappa shape index (κ2) is 7.97. The summed E-state index contributed by atoms with van der Waals surface area (Å²) in [5.41, 5.74) is 1.45. The topological polar surface area (TPSA) is 81.9 Å². The third kappa shape index (κ3) is 4.18. The minimum absolute atomic E-state index is 0.241. The van der Waals surface area contributed by atoms with Crippen LogP contribution in [-0.4, -0.2) is 32.7 Å². The van der Waals surface area contributed by atoms with Gasteiger partial charge in [0.25, 0.3) is 5.91 Å². The lowest BCUT2D eigenvalue weighted by molar-refractivity contribution is -0.119. The Balaban J connectivity index is 1.67. The van der Waals surface area contributed by atoms with Crippen molar-refractivity contribution >= 4 is 23.2 Å². The number of aromatic nitrogens is 4. The number of benzene rings is 2. The fraction of sp³-hybridized carbons (Fsp3) is 0.222. The highest BCUT2D eigenvalue weighted by molar-refractivity contribution is 6.30. The molecule has 0 aliphatic carbocycles. The van der Waals surface area contributed by atoms with Crippen LogP contribution in [0.15, 0.2) is 48.5 Å². The Bertz CT molecular complexity index is 877. The summed E-state index contributed by atoms with van der Waals surface area (Å²) in [6, 6.07) is 13.6. The summed E-state index contributed by atoms with van der Waals surface area (Å²) < 4.78 is 5.38. The summed E-state index contributed by atoms with van der Waals surface area (Å²) in [6.45, 7) is 4.22. The lowest BCUT2D eigenvalue weighted by Crippen LogP contribution is -2.25. The van der Waals surface area contributed by atoms with Crippen molar-refractivity contribution in [1.82, 2.24) is 20.2 Å². The van der Waals surface area contributed by atoms with Crippen molar-refractivity contribution in [2.24, 2.45) is 0 Å². The highest BCUT2D eigenvalue weighted by atomic mass is 35.5. The number of halogens is 1. The molecule has 0 saturated heterocycles. The van der Waals surface area contributed by atoms with Crippen molar-refractivity contribution in [2.45, 2.75) is 19.9 Å². The van der Waals surface area contributed by atoms with E-state index in [0.29, 0.717) is 23.1 Å². The van der Waals surface area contributed by atoms with Gasteiger partial charge in [0.2, 0.25) is 5.82 Å². The van der Waals surface area contributed by atoms with Crippen molar-refractivity contribution in [3.63, 3.8) is 0 Å². The largest absolute Gasteiger partial charge is 0.494 e. The van der Waals surface area contributed by atoms with Crippen molar-refractivity contribution in [2.75, 3.05) is 11.9 Å². The fourth-order valence-corrected chi connectivity index (χ4v) is 2.38. The zero-order valence-corrected chi connectivity index (χ0v) is 15.1. The van der Waals surface area contributed by atoms with E-state index in [-0.39, 0.29) is 5.91 Å². The van der Waals surface area contributed by atoms with E-state index in [9.17, 15) is 4.79 Å². The standard InChI is InChI=1S/C18H18ClN5O2/c1-3-26-16-10-8-15(9-11-16)20-18(25)12(2)24-22-17(21-23-24)13-4-6-14(19)7-5-13/h4-12H,3H2,1-2H3,(H,20,25). The molecule has 1 aromatic heterocycles. The molecular formula is C18H18ClN5O2. The van der Waals surface area contributed by atoms with Crippen molar-refractivity contribution in [3.05, 3.63) is 53.6 Å². The van der Waals surface area contributed by atoms with Crippen LogP contribution >= 0.6 is 11.6 Å². The number of hydrogen-bond acceptors (Lipinski definition) is 5. The number of hydrogen-bond donors (Lipinski definition) is 1. The molecule has 0 spiro atoms. The van der Waals surface area contributed by atoms with E-state index in [1.807, 2.05) is 6.92 Å². The molecule has 0 aliphatic rings. The minimum Gasteiger partial charge on any atom is -0.494 e. The Morgan fingerprint density at radius 3 is 2.54 bits per heavy atom. The van der Waals surface area contributed by atoms with E-state index < -0.39 is 6.04 Å². The molecule has 3 rings (SSSR count). The zero-order valence-electron chi connectivity index (χ0n) is 14.4. The molecular weight excluding hydrogens is 354 g/mol. The van der Waals surface area contributed by atoms with Crippen LogP contribution in [-0.2, 0) is 4.79 Å². The number of nitrogens with zero attached hydrogens (tertiary/aromatic N) is 4. The molecule has 134 valence electrons. The molecule has 2 aromatic carbocycles. The van der Waals surface area contributed by atoms with E-state index in [1.54, 1.807) is 55.5 Å². The van der Waals surface area contributed by atoms with Gasteiger partial charge in [0.05, 0.1) is 6.61 Å². The summed E-state index contributed by atoms with van der Waals surface area (Å²) in [7, 11) is 0. The molecule has 26 heavy (non-hydrogen) atoms. The number of anilines is 1. The monoisotopic (exact) mass is 371 g/mol. The van der Waals surface area contributed by atoms with Crippen LogP contribution in [0.25, 0.3) is 11.4 Å². The predicted molar refractivity (Wildman–Crippen MR) is 99.2 cm³/mol. The van der Waals surface area contributed by atoms with Crippen molar-refractivity contribution < 1.29 is 9.53 Å². The van der Waals surface area contributed by atoms with Crippen LogP contribution < -0.4 is 10.1 Å². The van der Waals surface area contributed by atoms with Crippen LogP contribution in [0, 0.1) is 0 Å². The molecule has 0 aliphatic heterocycles. The summed E-state index contributed by atoms with van der Waals surface area (Å²) in [5.74, 6) is 0.945. The number of ether oxygens (including phenoxy) is 1. The molecule has 1 unspecified atom stereocenters. The van der Waals surface area contributed by atoms with Gasteiger partial charge in [0.15, 0.2) is 0 Å². The average molecular weight is 372 g/mol. The number of rotatable bonds is 6. The van der Waals surface area contributed by atoms with E-state index in [4.69, 9.17) is 16.3 Å². The molecule has 0 saturated carbocycles. The smallest absolute Gasteiger partial charge is 0.250 e. The quantitative estimate of drug-likeness (QED) is 0.716. The molecule has 8 heteroatoms. The number of carbonyl (C=O) groups is 1. The first-order valence-electron chi connectivity index (χ1n) is 8.16. The van der Waals surface area contributed by atoms with Gasteiger partial charge in [-0.25, -0.2) is 0 Å². The normalized spacial score (nSPS) is 11.8. The van der Waals surface area contributed by atoms with E-state index >= 15 is 0 Å². The van der Waals surface area contributed by atoms with Crippen LogP contribution in [0.4, 0.5) is 5.69 Å². The van der Waals surface area contributed by atoms with Gasteiger partial charge in [-0.1, -0.05) is 11.6 Å². The summed E-state index contributed by atoms with van der Waals surface area (Å²) in [4.78, 5) is 13.7. The maximum absolute atomic E-state index is 12.4. The fourth-order valence-electron chi connectivity index (χ4n) is 2.26. The first kappa shape index (κ1) is 17.9. The first-order chi connectivity index (χ1) is 12.6. The summed E-state index contributed by atoms with van der Waals surface area (Å²) >= 11 is 5.88. The van der Waals surface area contributed by atoms with Gasteiger partial charge in [0, 0.05) is 16.3 Å². The second-order valence-corrected chi connectivity index (χ2v) is 6.00. The Labute approximate surface area is 155 Å². The molecule has 1 atom stereocenters. The molecule has 1 N–H and O–H groups in total. The molecule has 0 bridgehead atoms. The average Bonchev–Trinajstić information content (AvgIpc) is 3.13. The highest BCUT2D eigenvalue weighted by Crippen LogP contribution is 2.19. The maximum atomic E-state index is 12.4. The van der Waals surface area contributed by atoms with Gasteiger partial charge in [-0.15, -0.1) is 10.2 Å². The Morgan fingerprint density at radius 2 is 1.88 bits per heavy atom. The van der Waals surface area contributed by atoms with Gasteiger partial charge < -0.3 is 10.1 Å². The van der Waals surface area contributed by atoms with Crippen molar-refractivity contribution in [1.29, 1.82) is 0 Å².